The van der Waals surface area contributed by atoms with Gasteiger partial charge in [-0.1, -0.05) is 0 Å². The fourth-order valence-electron chi connectivity index (χ4n) is 2.86. The number of fused-ring (bicyclic) bond motifs is 1. The van der Waals surface area contributed by atoms with Gasteiger partial charge in [-0.3, -0.25) is 20.4 Å². The van der Waals surface area contributed by atoms with Gasteiger partial charge in [0.25, 0.3) is 11.8 Å². The Kier molecular flexibility index (Phi) is 5.83. The summed E-state index contributed by atoms with van der Waals surface area (Å²) in [5, 5.41) is 0. The van der Waals surface area contributed by atoms with Crippen LogP contribution in [0, 0.1) is 6.92 Å². The van der Waals surface area contributed by atoms with Crippen molar-refractivity contribution in [3.05, 3.63) is 59.4 Å². The van der Waals surface area contributed by atoms with Crippen LogP contribution in [0.4, 0.5) is 13.2 Å². The second-order valence-electron chi connectivity index (χ2n) is 6.09. The lowest BCUT2D eigenvalue weighted by atomic mass is 10.2. The Labute approximate surface area is 168 Å². The van der Waals surface area contributed by atoms with Crippen molar-refractivity contribution in [2.45, 2.75) is 30.8 Å². The zero-order valence-corrected chi connectivity index (χ0v) is 16.3. The molecule has 152 valence electrons. The zero-order chi connectivity index (χ0) is 21.2. The number of hydrogen-bond donors (Lipinski definition) is 2. The molecular formula is C19H17F3N4O2S. The summed E-state index contributed by atoms with van der Waals surface area (Å²) in [7, 11) is 0. The van der Waals surface area contributed by atoms with Crippen molar-refractivity contribution in [3.8, 4) is 0 Å². The molecule has 0 saturated heterocycles. The lowest BCUT2D eigenvalue weighted by Crippen LogP contribution is -2.41. The minimum absolute atomic E-state index is 0.0341. The Balaban J connectivity index is 1.64. The van der Waals surface area contributed by atoms with Crippen LogP contribution in [0.3, 0.4) is 0 Å². The highest BCUT2D eigenvalue weighted by Crippen LogP contribution is 2.36. The molecule has 1 heterocycles. The lowest BCUT2D eigenvalue weighted by molar-refractivity contribution is -0.0328. The average molecular weight is 422 g/mol. The number of hydrogen-bond acceptors (Lipinski definition) is 4. The lowest BCUT2D eigenvalue weighted by Gasteiger charge is -2.09. The first kappa shape index (κ1) is 20.7. The van der Waals surface area contributed by atoms with Crippen LogP contribution in [0.2, 0.25) is 0 Å². The predicted octanol–water partition coefficient (Wildman–Crippen LogP) is 4.05. The number of amides is 2. The number of aromatic nitrogens is 2. The van der Waals surface area contributed by atoms with E-state index in [4.69, 9.17) is 0 Å². The van der Waals surface area contributed by atoms with E-state index < -0.39 is 17.3 Å². The summed E-state index contributed by atoms with van der Waals surface area (Å²) in [6.45, 7) is 4.63. The molecule has 3 aromatic rings. The third kappa shape index (κ3) is 4.89. The number of carbonyl (C=O) groups is 2. The minimum Gasteiger partial charge on any atom is -0.329 e. The van der Waals surface area contributed by atoms with Gasteiger partial charge in [0.1, 0.15) is 5.82 Å². The van der Waals surface area contributed by atoms with Crippen LogP contribution < -0.4 is 10.9 Å². The molecule has 0 aliphatic heterocycles. The van der Waals surface area contributed by atoms with E-state index in [-0.39, 0.29) is 22.2 Å². The summed E-state index contributed by atoms with van der Waals surface area (Å²) in [5.41, 5.74) is 2.14. The molecule has 0 radical (unpaired) electrons. The zero-order valence-electron chi connectivity index (χ0n) is 15.5. The predicted molar refractivity (Wildman–Crippen MR) is 103 cm³/mol. The van der Waals surface area contributed by atoms with Gasteiger partial charge >= 0.3 is 5.51 Å². The van der Waals surface area contributed by atoms with E-state index in [0.717, 1.165) is 17.9 Å². The van der Waals surface area contributed by atoms with Gasteiger partial charge in [0.2, 0.25) is 0 Å². The monoisotopic (exact) mass is 422 g/mol. The highest BCUT2D eigenvalue weighted by molar-refractivity contribution is 8.00. The summed E-state index contributed by atoms with van der Waals surface area (Å²) in [6.07, 6.45) is 0. The molecule has 0 unspecified atom stereocenters. The number of hydrazine groups is 1. The molecule has 10 heteroatoms. The minimum atomic E-state index is -4.40. The molecule has 29 heavy (non-hydrogen) atoms. The normalized spacial score (nSPS) is 11.5. The van der Waals surface area contributed by atoms with Crippen LogP contribution in [-0.2, 0) is 6.54 Å². The second kappa shape index (κ2) is 8.16. The van der Waals surface area contributed by atoms with E-state index in [1.54, 1.807) is 18.2 Å². The number of benzene rings is 2. The standard InChI is InChI=1S/C19H17F3N4O2S/c1-3-26-11(2)23-15-10-13(6-9-16(15)26)18(28)25-24-17(27)12-4-7-14(8-5-12)29-19(20,21)22/h4-10H,3H2,1-2H3,(H,24,27)(H,25,28). The number of alkyl halides is 3. The Morgan fingerprint density at radius 3 is 2.21 bits per heavy atom. The van der Waals surface area contributed by atoms with Gasteiger partial charge < -0.3 is 4.57 Å². The molecule has 0 atom stereocenters. The first-order valence-electron chi connectivity index (χ1n) is 8.61. The van der Waals surface area contributed by atoms with Crippen LogP contribution in [0.5, 0.6) is 0 Å². The van der Waals surface area contributed by atoms with Crippen molar-refractivity contribution in [2.75, 3.05) is 0 Å². The first-order chi connectivity index (χ1) is 13.7. The molecule has 0 spiro atoms. The van der Waals surface area contributed by atoms with E-state index in [1.807, 2.05) is 18.4 Å². The van der Waals surface area contributed by atoms with Gasteiger partial charge in [0.05, 0.1) is 11.0 Å². The van der Waals surface area contributed by atoms with Gasteiger partial charge in [-0.15, -0.1) is 0 Å². The quantitative estimate of drug-likeness (QED) is 0.491. The van der Waals surface area contributed by atoms with Crippen molar-refractivity contribution in [1.29, 1.82) is 0 Å². The van der Waals surface area contributed by atoms with Gasteiger partial charge in [-0.25, -0.2) is 4.98 Å². The van der Waals surface area contributed by atoms with Crippen molar-refractivity contribution >= 4 is 34.6 Å². The number of carbonyl (C=O) groups excluding carboxylic acids is 2. The van der Waals surface area contributed by atoms with Crippen molar-refractivity contribution in [1.82, 2.24) is 20.4 Å². The summed E-state index contributed by atoms with van der Waals surface area (Å²) in [4.78, 5) is 28.8. The Morgan fingerprint density at radius 1 is 1.03 bits per heavy atom. The number of thioether (sulfide) groups is 1. The van der Waals surface area contributed by atoms with E-state index in [9.17, 15) is 22.8 Å². The number of nitrogens with zero attached hydrogens (tertiary/aromatic N) is 2. The maximum atomic E-state index is 12.3. The summed E-state index contributed by atoms with van der Waals surface area (Å²) in [6, 6.07) is 9.92. The van der Waals surface area contributed by atoms with Crippen LogP contribution in [-0.4, -0.2) is 26.9 Å². The van der Waals surface area contributed by atoms with Gasteiger partial charge in [0.15, 0.2) is 0 Å². The Hall–Kier alpha value is -3.01. The number of rotatable bonds is 4. The number of aryl methyl sites for hydroxylation is 2. The number of nitrogens with one attached hydrogen (secondary N) is 2. The molecule has 0 bridgehead atoms. The van der Waals surface area contributed by atoms with E-state index in [2.05, 4.69) is 15.8 Å². The maximum absolute atomic E-state index is 12.3. The number of imidazole rings is 1. The third-order valence-electron chi connectivity index (χ3n) is 4.16. The van der Waals surface area contributed by atoms with Crippen LogP contribution in [0.15, 0.2) is 47.4 Å². The molecule has 2 aromatic carbocycles. The molecule has 0 aliphatic carbocycles. The van der Waals surface area contributed by atoms with E-state index in [1.165, 1.54) is 24.3 Å². The maximum Gasteiger partial charge on any atom is 0.446 e. The van der Waals surface area contributed by atoms with Crippen LogP contribution >= 0.6 is 11.8 Å². The highest BCUT2D eigenvalue weighted by atomic mass is 32.2. The second-order valence-corrected chi connectivity index (χ2v) is 7.23. The summed E-state index contributed by atoms with van der Waals surface area (Å²) >= 11 is -0.267. The first-order valence-corrected chi connectivity index (χ1v) is 9.43. The summed E-state index contributed by atoms with van der Waals surface area (Å²) in [5.74, 6) is -0.345. The fourth-order valence-corrected chi connectivity index (χ4v) is 3.40. The summed E-state index contributed by atoms with van der Waals surface area (Å²) < 4.78 is 39.0. The average Bonchev–Trinajstić information content (AvgIpc) is 2.99. The topological polar surface area (TPSA) is 76.0 Å². The van der Waals surface area contributed by atoms with Gasteiger partial charge in [-0.2, -0.15) is 13.2 Å². The number of halogens is 3. The van der Waals surface area contributed by atoms with Crippen molar-refractivity contribution < 1.29 is 22.8 Å². The molecule has 0 fully saturated rings. The Morgan fingerprint density at radius 2 is 1.62 bits per heavy atom. The van der Waals surface area contributed by atoms with E-state index >= 15 is 0 Å². The smallest absolute Gasteiger partial charge is 0.329 e. The molecule has 0 saturated carbocycles. The molecule has 0 aliphatic rings. The molecule has 2 amide bonds. The van der Waals surface area contributed by atoms with Crippen LogP contribution in [0.1, 0.15) is 33.5 Å². The SMILES string of the molecule is CCn1c(C)nc2cc(C(=O)NNC(=O)c3ccc(SC(F)(F)F)cc3)ccc21. The largest absolute Gasteiger partial charge is 0.446 e. The highest BCUT2D eigenvalue weighted by Gasteiger charge is 2.29. The Bertz CT molecular complexity index is 1060. The molecule has 1 aromatic heterocycles. The van der Waals surface area contributed by atoms with Gasteiger partial charge in [0, 0.05) is 22.6 Å². The fraction of sp³-hybridized carbons (Fsp3) is 0.211. The molecule has 6 nitrogen and oxygen atoms in total. The van der Waals surface area contributed by atoms with Crippen LogP contribution in [0.25, 0.3) is 11.0 Å². The van der Waals surface area contributed by atoms with Crippen molar-refractivity contribution in [3.63, 3.8) is 0 Å². The third-order valence-corrected chi connectivity index (χ3v) is 4.90. The molecular weight excluding hydrogens is 405 g/mol. The molecule has 2 N–H and O–H groups in total. The van der Waals surface area contributed by atoms with Crippen molar-refractivity contribution in [2.24, 2.45) is 0 Å². The molecule has 3 rings (SSSR count). The van der Waals surface area contributed by atoms with Gasteiger partial charge in [-0.05, 0) is 68.1 Å². The van der Waals surface area contributed by atoms with E-state index in [0.29, 0.717) is 11.1 Å².